The lowest BCUT2D eigenvalue weighted by atomic mass is 10.1. The van der Waals surface area contributed by atoms with Crippen LogP contribution in [0.5, 0.6) is 5.75 Å². The van der Waals surface area contributed by atoms with Gasteiger partial charge in [0.25, 0.3) is 5.56 Å². The summed E-state index contributed by atoms with van der Waals surface area (Å²) < 4.78 is 5.45. The molecule has 29 heavy (non-hydrogen) atoms. The highest BCUT2D eigenvalue weighted by molar-refractivity contribution is 7.17. The summed E-state index contributed by atoms with van der Waals surface area (Å²) in [5.41, 5.74) is 1.53. The van der Waals surface area contributed by atoms with Crippen LogP contribution >= 0.6 is 11.3 Å². The molecule has 2 aromatic heterocycles. The molecule has 2 N–H and O–H groups in total. The van der Waals surface area contributed by atoms with Crippen molar-refractivity contribution in [3.63, 3.8) is 0 Å². The van der Waals surface area contributed by atoms with Crippen LogP contribution in [-0.2, 0) is 6.54 Å². The standard InChI is InChI=1S/C22H27N3O3S/c1-4-8-15(26)12-25(11-5-2)13-19-23-21(27)20-17(14-29-22(20)24-19)16-9-6-7-10-18(16)28-3/h5-7,9-10,14-15,26H,2,4,8,11-13H2,1,3H3,(H,23,24,27). The third-order valence-electron chi connectivity index (χ3n) is 4.74. The quantitative estimate of drug-likeness (QED) is 0.494. The highest BCUT2D eigenvalue weighted by Gasteiger charge is 2.17. The van der Waals surface area contributed by atoms with Crippen LogP contribution < -0.4 is 10.3 Å². The second-order valence-corrected chi connectivity index (χ2v) is 7.83. The van der Waals surface area contributed by atoms with Crippen LogP contribution in [0.4, 0.5) is 0 Å². The SMILES string of the molecule is C=CCN(Cc1nc2scc(-c3ccccc3OC)c2c(=O)[nH]1)CC(O)CCC. The van der Waals surface area contributed by atoms with E-state index in [0.29, 0.717) is 35.7 Å². The number of nitrogens with zero attached hydrogens (tertiary/aromatic N) is 2. The van der Waals surface area contributed by atoms with E-state index >= 15 is 0 Å². The van der Waals surface area contributed by atoms with E-state index in [1.54, 1.807) is 13.2 Å². The summed E-state index contributed by atoms with van der Waals surface area (Å²) in [7, 11) is 1.62. The first kappa shape index (κ1) is 21.2. The molecule has 2 heterocycles. The van der Waals surface area contributed by atoms with Gasteiger partial charge in [0, 0.05) is 29.6 Å². The van der Waals surface area contributed by atoms with Crippen molar-refractivity contribution in [3.8, 4) is 16.9 Å². The van der Waals surface area contributed by atoms with Gasteiger partial charge in [-0.25, -0.2) is 4.98 Å². The van der Waals surface area contributed by atoms with Crippen molar-refractivity contribution < 1.29 is 9.84 Å². The summed E-state index contributed by atoms with van der Waals surface area (Å²) in [4.78, 5) is 23.2. The molecule has 0 saturated heterocycles. The third kappa shape index (κ3) is 4.93. The molecule has 7 heteroatoms. The number of aliphatic hydroxyl groups excluding tert-OH is 1. The minimum absolute atomic E-state index is 0.167. The van der Waals surface area contributed by atoms with Gasteiger partial charge in [-0.2, -0.15) is 0 Å². The molecular formula is C22H27N3O3S. The number of H-pyrrole nitrogens is 1. The second-order valence-electron chi connectivity index (χ2n) is 6.97. The smallest absolute Gasteiger partial charge is 0.260 e. The molecule has 154 valence electrons. The van der Waals surface area contributed by atoms with Gasteiger partial charge in [0.1, 0.15) is 16.4 Å². The summed E-state index contributed by atoms with van der Waals surface area (Å²) >= 11 is 1.44. The summed E-state index contributed by atoms with van der Waals surface area (Å²) in [6, 6.07) is 7.64. The van der Waals surface area contributed by atoms with E-state index in [9.17, 15) is 9.90 Å². The number of aromatic amines is 1. The molecule has 0 radical (unpaired) electrons. The summed E-state index contributed by atoms with van der Waals surface area (Å²) in [6.45, 7) is 7.40. The number of methoxy groups -OCH3 is 1. The molecule has 0 aliphatic heterocycles. The van der Waals surface area contributed by atoms with Crippen LogP contribution in [0.3, 0.4) is 0 Å². The fraction of sp³-hybridized carbons (Fsp3) is 0.364. The number of fused-ring (bicyclic) bond motifs is 1. The van der Waals surface area contributed by atoms with Crippen LogP contribution in [-0.4, -0.2) is 46.3 Å². The van der Waals surface area contributed by atoms with E-state index in [4.69, 9.17) is 4.74 Å². The second kappa shape index (κ2) is 9.82. The fourth-order valence-electron chi connectivity index (χ4n) is 3.45. The molecule has 3 aromatic rings. The molecular weight excluding hydrogens is 386 g/mol. The van der Waals surface area contributed by atoms with Gasteiger partial charge in [-0.05, 0) is 12.5 Å². The first-order valence-corrected chi connectivity index (χ1v) is 10.6. The average molecular weight is 414 g/mol. The molecule has 0 amide bonds. The predicted molar refractivity (Wildman–Crippen MR) is 119 cm³/mol. The zero-order chi connectivity index (χ0) is 20.8. The van der Waals surface area contributed by atoms with Crippen molar-refractivity contribution in [3.05, 3.63) is 58.5 Å². The van der Waals surface area contributed by atoms with Crippen molar-refractivity contribution >= 4 is 21.6 Å². The number of nitrogens with one attached hydrogen (secondary N) is 1. The lowest BCUT2D eigenvalue weighted by Crippen LogP contribution is -2.33. The third-order valence-corrected chi connectivity index (χ3v) is 5.61. The molecule has 1 aromatic carbocycles. The minimum atomic E-state index is -0.408. The van der Waals surface area contributed by atoms with Crippen molar-refractivity contribution in [1.29, 1.82) is 0 Å². The van der Waals surface area contributed by atoms with E-state index in [2.05, 4.69) is 16.5 Å². The first-order chi connectivity index (χ1) is 14.1. The largest absolute Gasteiger partial charge is 0.496 e. The lowest BCUT2D eigenvalue weighted by Gasteiger charge is -2.23. The Kier molecular flexibility index (Phi) is 7.19. The number of ether oxygens (including phenoxy) is 1. The van der Waals surface area contributed by atoms with Gasteiger partial charge in [-0.1, -0.05) is 37.6 Å². The zero-order valence-corrected chi connectivity index (χ0v) is 17.7. The maximum absolute atomic E-state index is 12.9. The van der Waals surface area contributed by atoms with E-state index in [1.807, 2.05) is 41.5 Å². The molecule has 1 unspecified atom stereocenters. The van der Waals surface area contributed by atoms with Crippen LogP contribution in [0.2, 0.25) is 0 Å². The number of aromatic nitrogens is 2. The number of hydrogen-bond donors (Lipinski definition) is 2. The van der Waals surface area contributed by atoms with Gasteiger partial charge in [-0.3, -0.25) is 9.69 Å². The summed E-state index contributed by atoms with van der Waals surface area (Å²) in [6.07, 6.45) is 3.05. The molecule has 0 aliphatic rings. The van der Waals surface area contributed by atoms with Crippen molar-refractivity contribution in [1.82, 2.24) is 14.9 Å². The number of benzene rings is 1. The maximum Gasteiger partial charge on any atom is 0.260 e. The molecule has 3 rings (SSSR count). The van der Waals surface area contributed by atoms with Crippen LogP contribution in [0, 0.1) is 0 Å². The number of rotatable bonds is 10. The van der Waals surface area contributed by atoms with Gasteiger partial charge >= 0.3 is 0 Å². The molecule has 0 bridgehead atoms. The summed E-state index contributed by atoms with van der Waals surface area (Å²) in [5, 5.41) is 12.7. The van der Waals surface area contributed by atoms with Gasteiger partial charge < -0.3 is 14.8 Å². The molecule has 0 spiro atoms. The van der Waals surface area contributed by atoms with Crippen LogP contribution in [0.15, 0.2) is 47.1 Å². The van der Waals surface area contributed by atoms with E-state index in [-0.39, 0.29) is 5.56 Å². The molecule has 0 fully saturated rings. The Balaban J connectivity index is 1.92. The topological polar surface area (TPSA) is 78.5 Å². The van der Waals surface area contributed by atoms with Gasteiger partial charge in [-0.15, -0.1) is 17.9 Å². The average Bonchev–Trinajstić information content (AvgIpc) is 3.12. The number of thiophene rings is 1. The predicted octanol–water partition coefficient (Wildman–Crippen LogP) is 3.81. The molecule has 6 nitrogen and oxygen atoms in total. The number of hydrogen-bond acceptors (Lipinski definition) is 6. The Labute approximate surface area is 174 Å². The number of para-hydroxylation sites is 1. The Morgan fingerprint density at radius 2 is 2.17 bits per heavy atom. The Bertz CT molecular complexity index is 1030. The molecule has 0 aliphatic carbocycles. The minimum Gasteiger partial charge on any atom is -0.496 e. The zero-order valence-electron chi connectivity index (χ0n) is 16.9. The van der Waals surface area contributed by atoms with E-state index in [0.717, 1.165) is 29.7 Å². The maximum atomic E-state index is 12.9. The highest BCUT2D eigenvalue weighted by Crippen LogP contribution is 2.36. The monoisotopic (exact) mass is 413 g/mol. The fourth-order valence-corrected chi connectivity index (χ4v) is 4.41. The van der Waals surface area contributed by atoms with Crippen LogP contribution in [0.25, 0.3) is 21.3 Å². The van der Waals surface area contributed by atoms with Crippen molar-refractivity contribution in [2.75, 3.05) is 20.2 Å². The van der Waals surface area contributed by atoms with Gasteiger partial charge in [0.15, 0.2) is 0 Å². The Hall–Kier alpha value is -2.48. The Morgan fingerprint density at radius 3 is 2.90 bits per heavy atom. The van der Waals surface area contributed by atoms with E-state index < -0.39 is 6.10 Å². The molecule has 1 atom stereocenters. The molecule has 0 saturated carbocycles. The first-order valence-electron chi connectivity index (χ1n) is 9.72. The Morgan fingerprint density at radius 1 is 1.38 bits per heavy atom. The van der Waals surface area contributed by atoms with Gasteiger partial charge in [0.05, 0.1) is 25.1 Å². The summed E-state index contributed by atoms with van der Waals surface area (Å²) in [5.74, 6) is 1.30. The van der Waals surface area contributed by atoms with E-state index in [1.165, 1.54) is 11.3 Å². The van der Waals surface area contributed by atoms with Gasteiger partial charge in [0.2, 0.25) is 0 Å². The number of aliphatic hydroxyl groups is 1. The van der Waals surface area contributed by atoms with Crippen molar-refractivity contribution in [2.24, 2.45) is 0 Å². The highest BCUT2D eigenvalue weighted by atomic mass is 32.1. The van der Waals surface area contributed by atoms with Crippen LogP contribution in [0.1, 0.15) is 25.6 Å². The lowest BCUT2D eigenvalue weighted by molar-refractivity contribution is 0.106. The normalized spacial score (nSPS) is 12.4. The van der Waals surface area contributed by atoms with Crippen molar-refractivity contribution in [2.45, 2.75) is 32.4 Å².